The molecule has 0 saturated carbocycles. The quantitative estimate of drug-likeness (QED) is 0.894. The maximum absolute atomic E-state index is 11.5. The van der Waals surface area contributed by atoms with Gasteiger partial charge in [-0.25, -0.2) is 0 Å². The molecule has 1 atom stereocenters. The Morgan fingerprint density at radius 3 is 2.11 bits per heavy atom. The average molecular weight is 257 g/mol. The fourth-order valence-corrected chi connectivity index (χ4v) is 2.79. The summed E-state index contributed by atoms with van der Waals surface area (Å²) in [6.45, 7) is 0. The standard InChI is InChI=1S/C15H15NOS/c16-15(17)14(13-9-5-2-6-10-13)18-11-12-7-3-1-4-8-12/h1-10,14H,11H2,(H2,16,17)/t14-/m0/s1. The predicted molar refractivity (Wildman–Crippen MR) is 76.1 cm³/mol. The second-order valence-electron chi connectivity index (χ2n) is 3.99. The number of hydrogen-bond acceptors (Lipinski definition) is 2. The second kappa shape index (κ2) is 6.26. The van der Waals surface area contributed by atoms with Crippen molar-refractivity contribution in [2.24, 2.45) is 5.73 Å². The van der Waals surface area contributed by atoms with Gasteiger partial charge in [-0.2, -0.15) is 0 Å². The van der Waals surface area contributed by atoms with E-state index in [-0.39, 0.29) is 11.2 Å². The summed E-state index contributed by atoms with van der Waals surface area (Å²) in [5, 5.41) is -0.286. The Hall–Kier alpha value is -1.74. The van der Waals surface area contributed by atoms with Crippen LogP contribution < -0.4 is 5.73 Å². The summed E-state index contributed by atoms with van der Waals surface area (Å²) in [6, 6.07) is 19.7. The van der Waals surface area contributed by atoms with Gasteiger partial charge in [-0.1, -0.05) is 60.7 Å². The van der Waals surface area contributed by atoms with Crippen molar-refractivity contribution in [2.75, 3.05) is 0 Å². The van der Waals surface area contributed by atoms with Crippen LogP contribution in [0.5, 0.6) is 0 Å². The Morgan fingerprint density at radius 2 is 1.56 bits per heavy atom. The van der Waals surface area contributed by atoms with Gasteiger partial charge in [0.25, 0.3) is 0 Å². The number of primary amides is 1. The fourth-order valence-electron chi connectivity index (χ4n) is 1.72. The summed E-state index contributed by atoms with van der Waals surface area (Å²) in [7, 11) is 0. The second-order valence-corrected chi connectivity index (χ2v) is 5.08. The summed E-state index contributed by atoms with van der Waals surface area (Å²) >= 11 is 1.56. The number of hydrogen-bond donors (Lipinski definition) is 1. The van der Waals surface area contributed by atoms with E-state index in [0.29, 0.717) is 0 Å². The van der Waals surface area contributed by atoms with E-state index in [0.717, 1.165) is 11.3 Å². The van der Waals surface area contributed by atoms with E-state index in [1.165, 1.54) is 5.56 Å². The molecule has 2 N–H and O–H groups in total. The van der Waals surface area contributed by atoms with Gasteiger partial charge in [0.05, 0.1) is 0 Å². The number of benzene rings is 2. The Morgan fingerprint density at radius 1 is 1.00 bits per heavy atom. The van der Waals surface area contributed by atoms with Crippen LogP contribution in [0.15, 0.2) is 60.7 Å². The molecule has 2 aromatic rings. The fraction of sp³-hybridized carbons (Fsp3) is 0.133. The zero-order valence-corrected chi connectivity index (χ0v) is 10.8. The van der Waals surface area contributed by atoms with Crippen LogP contribution in [-0.4, -0.2) is 5.91 Å². The molecule has 2 rings (SSSR count). The van der Waals surface area contributed by atoms with Crippen molar-refractivity contribution in [2.45, 2.75) is 11.0 Å². The summed E-state index contributed by atoms with van der Waals surface area (Å²) in [6.07, 6.45) is 0. The normalized spacial score (nSPS) is 12.0. The minimum atomic E-state index is -0.290. The highest BCUT2D eigenvalue weighted by Gasteiger charge is 2.17. The molecule has 0 aliphatic carbocycles. The molecule has 2 nitrogen and oxygen atoms in total. The van der Waals surface area contributed by atoms with Gasteiger partial charge in [-0.3, -0.25) is 4.79 Å². The van der Waals surface area contributed by atoms with E-state index >= 15 is 0 Å². The lowest BCUT2D eigenvalue weighted by molar-refractivity contribution is -0.117. The van der Waals surface area contributed by atoms with E-state index in [4.69, 9.17) is 5.73 Å². The monoisotopic (exact) mass is 257 g/mol. The minimum absolute atomic E-state index is 0.286. The Kier molecular flexibility index (Phi) is 4.42. The van der Waals surface area contributed by atoms with Crippen LogP contribution >= 0.6 is 11.8 Å². The molecule has 0 unspecified atom stereocenters. The van der Waals surface area contributed by atoms with Crippen molar-refractivity contribution in [3.63, 3.8) is 0 Å². The largest absolute Gasteiger partial charge is 0.368 e. The summed E-state index contributed by atoms with van der Waals surface area (Å²) in [5.74, 6) is 0.491. The van der Waals surface area contributed by atoms with Gasteiger partial charge < -0.3 is 5.73 Å². The molecule has 0 radical (unpaired) electrons. The number of rotatable bonds is 5. The summed E-state index contributed by atoms with van der Waals surface area (Å²) in [4.78, 5) is 11.5. The zero-order valence-electron chi connectivity index (χ0n) is 9.95. The molecule has 0 saturated heterocycles. The van der Waals surface area contributed by atoms with Gasteiger partial charge in [-0.15, -0.1) is 11.8 Å². The lowest BCUT2D eigenvalue weighted by Gasteiger charge is -2.13. The third kappa shape index (κ3) is 3.37. The molecule has 92 valence electrons. The molecule has 3 heteroatoms. The van der Waals surface area contributed by atoms with Gasteiger partial charge in [0, 0.05) is 5.75 Å². The van der Waals surface area contributed by atoms with Gasteiger partial charge in [0.2, 0.25) is 5.91 Å². The highest BCUT2D eigenvalue weighted by atomic mass is 32.2. The first-order chi connectivity index (χ1) is 8.77. The summed E-state index contributed by atoms with van der Waals surface area (Å²) in [5.41, 5.74) is 7.64. The molecular formula is C15H15NOS. The SMILES string of the molecule is NC(=O)[C@@H](SCc1ccccc1)c1ccccc1. The van der Waals surface area contributed by atoms with Gasteiger partial charge in [0.1, 0.15) is 5.25 Å². The molecule has 2 aromatic carbocycles. The minimum Gasteiger partial charge on any atom is -0.368 e. The highest BCUT2D eigenvalue weighted by Crippen LogP contribution is 2.31. The zero-order chi connectivity index (χ0) is 12.8. The topological polar surface area (TPSA) is 43.1 Å². The highest BCUT2D eigenvalue weighted by molar-refractivity contribution is 7.99. The molecule has 0 heterocycles. The van der Waals surface area contributed by atoms with E-state index in [9.17, 15) is 4.79 Å². The van der Waals surface area contributed by atoms with Crippen molar-refractivity contribution in [1.82, 2.24) is 0 Å². The average Bonchev–Trinajstić information content (AvgIpc) is 2.41. The van der Waals surface area contributed by atoms with Crippen LogP contribution in [0.1, 0.15) is 16.4 Å². The van der Waals surface area contributed by atoms with Crippen molar-refractivity contribution < 1.29 is 4.79 Å². The Labute approximate surface area is 111 Å². The number of thioether (sulfide) groups is 1. The lowest BCUT2D eigenvalue weighted by atomic mass is 10.1. The van der Waals surface area contributed by atoms with E-state index in [1.807, 2.05) is 48.5 Å². The third-order valence-electron chi connectivity index (χ3n) is 2.62. The van der Waals surface area contributed by atoms with Crippen LogP contribution in [0, 0.1) is 0 Å². The maximum atomic E-state index is 11.5. The van der Waals surface area contributed by atoms with Crippen LogP contribution in [0.3, 0.4) is 0 Å². The van der Waals surface area contributed by atoms with Crippen LogP contribution in [0.25, 0.3) is 0 Å². The molecule has 0 aliphatic heterocycles. The van der Waals surface area contributed by atoms with Crippen LogP contribution in [0.2, 0.25) is 0 Å². The van der Waals surface area contributed by atoms with Gasteiger partial charge in [-0.05, 0) is 11.1 Å². The smallest absolute Gasteiger partial charge is 0.235 e. The molecule has 18 heavy (non-hydrogen) atoms. The van der Waals surface area contributed by atoms with Crippen molar-refractivity contribution in [1.29, 1.82) is 0 Å². The number of carbonyl (C=O) groups is 1. The molecule has 1 amide bonds. The van der Waals surface area contributed by atoms with Crippen molar-refractivity contribution in [3.05, 3.63) is 71.8 Å². The van der Waals surface area contributed by atoms with Gasteiger partial charge in [0.15, 0.2) is 0 Å². The maximum Gasteiger partial charge on any atom is 0.235 e. The molecule has 0 fully saturated rings. The molecule has 0 bridgehead atoms. The number of nitrogens with two attached hydrogens (primary N) is 1. The first kappa shape index (κ1) is 12.7. The lowest BCUT2D eigenvalue weighted by Crippen LogP contribution is -2.19. The van der Waals surface area contributed by atoms with Crippen LogP contribution in [-0.2, 0) is 10.5 Å². The van der Waals surface area contributed by atoms with Crippen molar-refractivity contribution >= 4 is 17.7 Å². The molecule has 0 aliphatic rings. The van der Waals surface area contributed by atoms with Crippen molar-refractivity contribution in [3.8, 4) is 0 Å². The van der Waals surface area contributed by atoms with E-state index in [1.54, 1.807) is 11.8 Å². The Bertz CT molecular complexity index is 498. The predicted octanol–water partition coefficient (Wildman–Crippen LogP) is 3.15. The third-order valence-corrected chi connectivity index (χ3v) is 3.96. The van der Waals surface area contributed by atoms with Gasteiger partial charge >= 0.3 is 0 Å². The number of amides is 1. The Balaban J connectivity index is 2.06. The molecule has 0 aromatic heterocycles. The first-order valence-electron chi connectivity index (χ1n) is 5.77. The first-order valence-corrected chi connectivity index (χ1v) is 6.82. The molecule has 0 spiro atoms. The number of carbonyl (C=O) groups excluding carboxylic acids is 1. The summed E-state index contributed by atoms with van der Waals surface area (Å²) < 4.78 is 0. The van der Waals surface area contributed by atoms with E-state index < -0.39 is 0 Å². The van der Waals surface area contributed by atoms with E-state index in [2.05, 4.69) is 12.1 Å². The molecular weight excluding hydrogens is 242 g/mol. The van der Waals surface area contributed by atoms with Crippen LogP contribution in [0.4, 0.5) is 0 Å².